The fourth-order valence-electron chi connectivity index (χ4n) is 3.63. The number of rotatable bonds is 3. The summed E-state index contributed by atoms with van der Waals surface area (Å²) < 4.78 is 20.7. The van der Waals surface area contributed by atoms with Crippen molar-refractivity contribution >= 4 is 23.5 Å². The van der Waals surface area contributed by atoms with Crippen LogP contribution in [0.2, 0.25) is 0 Å². The van der Waals surface area contributed by atoms with Gasteiger partial charge in [-0.15, -0.1) is 0 Å². The predicted octanol–water partition coefficient (Wildman–Crippen LogP) is 5.39. The fourth-order valence-corrected chi connectivity index (χ4v) is 3.73. The molecule has 3 N–H and O–H groups in total. The lowest BCUT2D eigenvalue weighted by molar-refractivity contribution is -0.199. The Hall–Kier alpha value is -2.68. The molecule has 3 atom stereocenters. The van der Waals surface area contributed by atoms with Crippen LogP contribution in [0, 0.1) is 5.92 Å². The molecule has 3 unspecified atom stereocenters. The van der Waals surface area contributed by atoms with Crippen molar-refractivity contribution in [3.63, 3.8) is 0 Å². The highest BCUT2D eigenvalue weighted by Crippen LogP contribution is 2.51. The molecular formula is C26H39ClN2O6. The van der Waals surface area contributed by atoms with Crippen molar-refractivity contribution < 1.29 is 28.4 Å². The maximum atomic E-state index is 12.4. The number of halogens is 1. The first-order chi connectivity index (χ1) is 16.7. The third-order valence-electron chi connectivity index (χ3n) is 4.99. The van der Waals surface area contributed by atoms with E-state index in [1.54, 1.807) is 12.1 Å². The number of nitrogens with two attached hydrogens (primary N) is 1. The number of hydrogen-bond donors (Lipinski definition) is 2. The Morgan fingerprint density at radius 3 is 2.09 bits per heavy atom. The molecule has 0 radical (unpaired) electrons. The summed E-state index contributed by atoms with van der Waals surface area (Å²) in [7, 11) is 3.84. The molecule has 0 saturated heterocycles. The molecule has 2 aliphatic rings. The zero-order chi connectivity index (χ0) is 26.8. The molecule has 4 rings (SSSR count). The molecule has 0 amide bonds. The van der Waals surface area contributed by atoms with E-state index in [2.05, 4.69) is 18.1 Å². The van der Waals surface area contributed by atoms with Crippen LogP contribution in [0.5, 0.6) is 17.2 Å². The van der Waals surface area contributed by atoms with Crippen LogP contribution >= 0.6 is 11.9 Å². The van der Waals surface area contributed by atoms with Crippen molar-refractivity contribution in [2.75, 3.05) is 25.8 Å². The van der Waals surface area contributed by atoms with Gasteiger partial charge in [0, 0.05) is 37.3 Å². The Kier molecular flexibility index (Phi) is 12.2. The average molecular weight is 511 g/mol. The summed E-state index contributed by atoms with van der Waals surface area (Å²) in [6.07, 6.45) is 1.25. The van der Waals surface area contributed by atoms with Crippen LogP contribution in [-0.4, -0.2) is 37.9 Å². The average Bonchev–Trinajstić information content (AvgIpc) is 3.31. The quantitative estimate of drug-likeness (QED) is 0.529. The monoisotopic (exact) mass is 510 g/mol. The lowest BCUT2D eigenvalue weighted by Gasteiger charge is -2.41. The second-order valence-electron chi connectivity index (χ2n) is 7.64. The summed E-state index contributed by atoms with van der Waals surface area (Å²) in [6.45, 7) is 12.3. The molecule has 8 nitrogen and oxygen atoms in total. The topological polar surface area (TPSA) is 103 Å². The van der Waals surface area contributed by atoms with Gasteiger partial charge in [-0.2, -0.15) is 0 Å². The fraction of sp³-hybridized carbons (Fsp3) is 0.500. The summed E-state index contributed by atoms with van der Waals surface area (Å²) >= 11 is 5.33. The number of ether oxygens (including phenoxy) is 3. The van der Waals surface area contributed by atoms with Gasteiger partial charge in [0.2, 0.25) is 6.79 Å². The van der Waals surface area contributed by atoms with Gasteiger partial charge in [0.05, 0.1) is 0 Å². The zero-order valence-electron chi connectivity index (χ0n) is 21.9. The number of benzene rings is 2. The summed E-state index contributed by atoms with van der Waals surface area (Å²) in [5, 5.41) is 10.7. The van der Waals surface area contributed by atoms with Gasteiger partial charge in [-0.3, -0.25) is 5.73 Å². The van der Waals surface area contributed by atoms with Crippen LogP contribution in [0.4, 0.5) is 5.69 Å². The lowest BCUT2D eigenvalue weighted by Crippen LogP contribution is -2.59. The second kappa shape index (κ2) is 14.0. The number of carbonyl (C=O) groups is 1. The van der Waals surface area contributed by atoms with E-state index in [9.17, 15) is 9.90 Å². The van der Waals surface area contributed by atoms with Gasteiger partial charge in [0.25, 0.3) is 5.91 Å². The molecule has 2 aromatic carbocycles. The molecule has 0 fully saturated rings. The van der Waals surface area contributed by atoms with Crippen LogP contribution in [0.3, 0.4) is 0 Å². The molecule has 0 aromatic heterocycles. The molecule has 9 heteroatoms. The van der Waals surface area contributed by atoms with Crippen LogP contribution in [0.1, 0.15) is 65.0 Å². The van der Waals surface area contributed by atoms with Crippen LogP contribution < -0.4 is 24.8 Å². The Labute approximate surface area is 214 Å². The molecule has 2 aliphatic heterocycles. The first-order valence-corrected chi connectivity index (χ1v) is 12.3. The molecule has 2 aromatic rings. The van der Waals surface area contributed by atoms with E-state index < -0.39 is 23.7 Å². The van der Waals surface area contributed by atoms with Crippen molar-refractivity contribution in [1.82, 2.24) is 0 Å². The van der Waals surface area contributed by atoms with Crippen molar-refractivity contribution in [2.24, 2.45) is 11.7 Å². The Bertz CT molecular complexity index is 934. The SMILES string of the molecule is CC.CC.CCC.CN(C)c1ccc(C2c3cc4c(cc3OC(N)(O)C2C(=O)OCl)OCO4)cc1. The van der Waals surface area contributed by atoms with E-state index in [0.717, 1.165) is 11.3 Å². The largest absolute Gasteiger partial charge is 0.454 e. The Morgan fingerprint density at radius 1 is 1.09 bits per heavy atom. The Balaban J connectivity index is 0.000000797. The summed E-state index contributed by atoms with van der Waals surface area (Å²) in [5.41, 5.74) is 8.26. The van der Waals surface area contributed by atoms with E-state index in [4.69, 9.17) is 31.8 Å². The van der Waals surface area contributed by atoms with Crippen molar-refractivity contribution in [2.45, 2.75) is 59.8 Å². The molecular weight excluding hydrogens is 472 g/mol. The molecule has 0 spiro atoms. The number of aliphatic hydroxyl groups is 1. The van der Waals surface area contributed by atoms with E-state index >= 15 is 0 Å². The number of fused-ring (bicyclic) bond motifs is 2. The third kappa shape index (κ3) is 6.93. The van der Waals surface area contributed by atoms with Crippen molar-refractivity contribution in [3.8, 4) is 17.2 Å². The van der Waals surface area contributed by atoms with Gasteiger partial charge >= 0.3 is 5.97 Å². The molecule has 0 aliphatic carbocycles. The van der Waals surface area contributed by atoms with Gasteiger partial charge in [-0.25, -0.2) is 4.79 Å². The zero-order valence-corrected chi connectivity index (χ0v) is 22.7. The molecule has 0 saturated carbocycles. The van der Waals surface area contributed by atoms with Crippen LogP contribution in [-0.2, 0) is 9.08 Å². The number of nitrogens with zero attached hydrogens (tertiary/aromatic N) is 1. The molecule has 2 heterocycles. The van der Waals surface area contributed by atoms with Gasteiger partial charge in [0.15, 0.2) is 11.5 Å². The highest BCUT2D eigenvalue weighted by molar-refractivity contribution is 6.13. The minimum Gasteiger partial charge on any atom is -0.454 e. The molecule has 0 bridgehead atoms. The van der Waals surface area contributed by atoms with E-state index in [1.807, 2.05) is 71.0 Å². The van der Waals surface area contributed by atoms with E-state index in [-0.39, 0.29) is 12.5 Å². The van der Waals surface area contributed by atoms with Gasteiger partial charge in [-0.05, 0) is 23.8 Å². The standard InChI is InChI=1S/C19H19ClN2O6.C3H8.2C2H6/c1-22(2)11-5-3-10(4-6-11)16-12-7-14-15(26-9-25-14)8-13(12)27-19(21,24)17(16)18(23)28-20;1-3-2;2*1-2/h3-8,16-17,24H,9,21H2,1-2H3;3H2,1-2H3;2*1-2H3. The number of carbonyl (C=O) groups excluding carboxylic acids is 1. The second-order valence-corrected chi connectivity index (χ2v) is 7.80. The van der Waals surface area contributed by atoms with Crippen molar-refractivity contribution in [3.05, 3.63) is 47.5 Å². The van der Waals surface area contributed by atoms with Crippen LogP contribution in [0.25, 0.3) is 0 Å². The molecule has 35 heavy (non-hydrogen) atoms. The summed E-state index contributed by atoms with van der Waals surface area (Å²) in [6, 6.07) is 10.8. The maximum absolute atomic E-state index is 12.4. The van der Waals surface area contributed by atoms with Crippen LogP contribution in [0.15, 0.2) is 36.4 Å². The summed E-state index contributed by atoms with van der Waals surface area (Å²) in [5.74, 6) is -3.96. The maximum Gasteiger partial charge on any atom is 0.336 e. The first kappa shape index (κ1) is 30.4. The smallest absolute Gasteiger partial charge is 0.336 e. The lowest BCUT2D eigenvalue weighted by atomic mass is 9.76. The number of anilines is 1. The predicted molar refractivity (Wildman–Crippen MR) is 139 cm³/mol. The van der Waals surface area contributed by atoms with Gasteiger partial charge in [0.1, 0.15) is 23.5 Å². The minimum atomic E-state index is -2.34. The normalized spacial score (nSPS) is 20.8. The highest BCUT2D eigenvalue weighted by Gasteiger charge is 2.53. The third-order valence-corrected chi connectivity index (χ3v) is 5.14. The Morgan fingerprint density at radius 2 is 1.60 bits per heavy atom. The van der Waals surface area contributed by atoms with Gasteiger partial charge in [-0.1, -0.05) is 60.1 Å². The highest BCUT2D eigenvalue weighted by atomic mass is 35.5. The first-order valence-electron chi connectivity index (χ1n) is 12.0. The van der Waals surface area contributed by atoms with Gasteiger partial charge < -0.3 is 28.5 Å². The minimum absolute atomic E-state index is 0.0699. The summed E-state index contributed by atoms with van der Waals surface area (Å²) in [4.78, 5) is 14.4. The van der Waals surface area contributed by atoms with Crippen molar-refractivity contribution in [1.29, 1.82) is 0 Å². The van der Waals surface area contributed by atoms with E-state index in [0.29, 0.717) is 17.1 Å². The molecule has 196 valence electrons. The number of hydrogen-bond acceptors (Lipinski definition) is 8. The van der Waals surface area contributed by atoms with E-state index in [1.165, 1.54) is 6.42 Å².